The molecule has 35 heavy (non-hydrogen) atoms. The van der Waals surface area contributed by atoms with Gasteiger partial charge in [-0.2, -0.15) is 0 Å². The number of amides is 2. The number of hydrogen-bond acceptors (Lipinski definition) is 9. The summed E-state index contributed by atoms with van der Waals surface area (Å²) >= 11 is 1.25. The van der Waals surface area contributed by atoms with Gasteiger partial charge in [-0.25, -0.2) is 9.59 Å². The van der Waals surface area contributed by atoms with E-state index in [9.17, 15) is 29.4 Å². The van der Waals surface area contributed by atoms with E-state index in [-0.39, 0.29) is 17.9 Å². The van der Waals surface area contributed by atoms with E-state index in [4.69, 9.17) is 15.2 Å². The summed E-state index contributed by atoms with van der Waals surface area (Å²) in [6.07, 6.45) is 0. The number of esters is 1. The van der Waals surface area contributed by atoms with E-state index in [0.717, 1.165) is 0 Å². The molecule has 192 valence electrons. The largest absolute Gasteiger partial charge is 0.508 e. The van der Waals surface area contributed by atoms with Crippen LogP contribution in [0.3, 0.4) is 0 Å². The number of nitrogens with zero attached hydrogens (tertiary/aromatic N) is 1. The molecule has 2 amide bonds. The third-order valence-corrected chi connectivity index (χ3v) is 7.45. The van der Waals surface area contributed by atoms with Crippen LogP contribution in [0.1, 0.15) is 45.7 Å². The Hall–Kier alpha value is -2.83. The third-order valence-electron chi connectivity index (χ3n) is 5.88. The Labute approximate surface area is 207 Å². The van der Waals surface area contributed by atoms with Gasteiger partial charge in [-0.15, -0.1) is 11.8 Å². The number of phenols is 1. The van der Waals surface area contributed by atoms with Gasteiger partial charge in [-0.3, -0.25) is 9.59 Å². The van der Waals surface area contributed by atoms with Crippen molar-refractivity contribution in [3.05, 3.63) is 29.3 Å². The molecule has 1 aromatic carbocycles. The molecule has 4 unspecified atom stereocenters. The van der Waals surface area contributed by atoms with Crippen LogP contribution in [0.25, 0.3) is 0 Å². The zero-order valence-electron chi connectivity index (χ0n) is 20.4. The average molecular weight is 510 g/mol. The summed E-state index contributed by atoms with van der Waals surface area (Å²) in [5.41, 5.74) is 3.41. The maximum Gasteiger partial charge on any atom is 0.341 e. The fourth-order valence-electron chi connectivity index (χ4n) is 4.20. The number of β-lactam (4-membered cyclic amide) rings is 1. The molecule has 5 N–H and O–H groups in total. The van der Waals surface area contributed by atoms with Crippen LogP contribution in [0.4, 0.5) is 0 Å². The monoisotopic (exact) mass is 509 g/mol. The number of carbonyl (C=O) groups is 4. The van der Waals surface area contributed by atoms with Gasteiger partial charge in [0.05, 0.1) is 6.61 Å². The third kappa shape index (κ3) is 4.69. The van der Waals surface area contributed by atoms with Crippen LogP contribution in [-0.4, -0.2) is 73.8 Å². The Morgan fingerprint density at radius 1 is 1.26 bits per heavy atom. The van der Waals surface area contributed by atoms with E-state index >= 15 is 0 Å². The number of phenolic OH excluding ortho intramolecular Hbond substituents is 1. The molecule has 3 rings (SSSR count). The number of nitrogens with two attached hydrogens (primary N) is 1. The first-order chi connectivity index (χ1) is 16.0. The van der Waals surface area contributed by atoms with Crippen LogP contribution >= 0.6 is 11.8 Å². The number of rotatable bonds is 7. The van der Waals surface area contributed by atoms with Crippen molar-refractivity contribution >= 4 is 35.5 Å². The van der Waals surface area contributed by atoms with Crippen LogP contribution in [0.15, 0.2) is 18.2 Å². The number of thioether (sulfide) groups is 1. The lowest BCUT2D eigenvalue weighted by atomic mass is 9.87. The van der Waals surface area contributed by atoms with Crippen LogP contribution in [-0.2, 0) is 40.8 Å². The summed E-state index contributed by atoms with van der Waals surface area (Å²) in [6.45, 7) is 8.27. The van der Waals surface area contributed by atoms with Gasteiger partial charge in [-0.1, -0.05) is 6.07 Å². The molecule has 0 radical (unpaired) electrons. The molecule has 0 saturated carbocycles. The summed E-state index contributed by atoms with van der Waals surface area (Å²) in [6, 6.07) is 1.84. The number of ether oxygens (including phenoxy) is 2. The highest BCUT2D eigenvalue weighted by Gasteiger charge is 2.65. The lowest BCUT2D eigenvalue weighted by Gasteiger charge is -2.44. The first-order valence-corrected chi connectivity index (χ1v) is 11.8. The minimum atomic E-state index is -2.37. The molecule has 2 aliphatic heterocycles. The number of fused-ring (bicyclic) bond motifs is 1. The molecule has 0 aliphatic carbocycles. The molecular formula is C23H31N3O8S. The number of hydrogen-bond donors (Lipinski definition) is 4. The molecule has 2 heterocycles. The highest BCUT2D eigenvalue weighted by molar-refractivity contribution is 8.01. The minimum Gasteiger partial charge on any atom is -0.508 e. The molecule has 0 bridgehead atoms. The lowest BCUT2D eigenvalue weighted by molar-refractivity contribution is -0.167. The van der Waals surface area contributed by atoms with Gasteiger partial charge in [0, 0.05) is 17.4 Å². The number of aromatic hydroxyl groups is 1. The number of methoxy groups -OCH3 is 1. The van der Waals surface area contributed by atoms with E-state index in [1.54, 1.807) is 34.6 Å². The maximum atomic E-state index is 13.5. The number of benzene rings is 1. The molecule has 2 aliphatic rings. The van der Waals surface area contributed by atoms with Crippen LogP contribution in [0.2, 0.25) is 0 Å². The van der Waals surface area contributed by atoms with Gasteiger partial charge < -0.3 is 35.6 Å². The van der Waals surface area contributed by atoms with E-state index in [2.05, 4.69) is 5.32 Å². The van der Waals surface area contributed by atoms with Crippen molar-refractivity contribution in [3.8, 4) is 5.75 Å². The van der Waals surface area contributed by atoms with Crippen molar-refractivity contribution in [2.24, 2.45) is 5.73 Å². The van der Waals surface area contributed by atoms with Crippen molar-refractivity contribution in [2.75, 3.05) is 7.11 Å². The second-order valence-corrected chi connectivity index (χ2v) is 11.9. The summed E-state index contributed by atoms with van der Waals surface area (Å²) in [5.74, 6) is -3.87. The number of carboxylic acids is 1. The first-order valence-electron chi connectivity index (χ1n) is 10.9. The topological polar surface area (TPSA) is 168 Å². The predicted octanol–water partition coefficient (Wildman–Crippen LogP) is 0.666. The van der Waals surface area contributed by atoms with Gasteiger partial charge in [0.15, 0.2) is 0 Å². The van der Waals surface area contributed by atoms with Crippen molar-refractivity contribution in [3.63, 3.8) is 0 Å². The fourth-order valence-corrected chi connectivity index (χ4v) is 5.83. The summed E-state index contributed by atoms with van der Waals surface area (Å²) < 4.78 is 9.71. The standard InChI is InChI=1S/C23H31N3O8S/c1-21(2,3)34-20(32)23(24,12-7-8-13(27)11(9-12)10-33-6)19(31)25-14-16(28)26-15(18(29)30)22(4,5)35-17(14)26/h7-9,14-15,17,27H,10,24H2,1-6H3,(H,25,31)(H,29,30). The average Bonchev–Trinajstić information content (AvgIpc) is 2.99. The van der Waals surface area contributed by atoms with Crippen LogP contribution in [0.5, 0.6) is 5.75 Å². The molecule has 0 spiro atoms. The van der Waals surface area contributed by atoms with Gasteiger partial charge in [0.2, 0.25) is 11.4 Å². The zero-order chi connectivity index (χ0) is 26.5. The number of carbonyl (C=O) groups excluding carboxylic acids is 3. The highest BCUT2D eigenvalue weighted by Crippen LogP contribution is 2.50. The molecule has 1 aromatic rings. The van der Waals surface area contributed by atoms with Crippen molar-refractivity contribution in [1.29, 1.82) is 0 Å². The maximum absolute atomic E-state index is 13.5. The molecular weight excluding hydrogens is 478 g/mol. The summed E-state index contributed by atoms with van der Waals surface area (Å²) in [4.78, 5) is 52.6. The predicted molar refractivity (Wildman–Crippen MR) is 126 cm³/mol. The summed E-state index contributed by atoms with van der Waals surface area (Å²) in [7, 11) is 1.42. The summed E-state index contributed by atoms with van der Waals surface area (Å²) in [5, 5.41) is 21.6. The van der Waals surface area contributed by atoms with E-state index < -0.39 is 57.1 Å². The van der Waals surface area contributed by atoms with Gasteiger partial charge >= 0.3 is 11.9 Å². The number of aliphatic carboxylic acids is 1. The number of nitrogens with one attached hydrogen (secondary N) is 1. The number of carboxylic acid groups (broad SMARTS) is 1. The van der Waals surface area contributed by atoms with Crippen molar-refractivity contribution in [1.82, 2.24) is 10.2 Å². The Morgan fingerprint density at radius 3 is 2.43 bits per heavy atom. The van der Waals surface area contributed by atoms with Crippen molar-refractivity contribution in [2.45, 2.75) is 74.6 Å². The Bertz CT molecular complexity index is 1070. The van der Waals surface area contributed by atoms with Crippen LogP contribution < -0.4 is 11.1 Å². The van der Waals surface area contributed by atoms with E-state index in [1.807, 2.05) is 0 Å². The Kier molecular flexibility index (Phi) is 6.88. The highest BCUT2D eigenvalue weighted by atomic mass is 32.2. The smallest absolute Gasteiger partial charge is 0.341 e. The SMILES string of the molecule is COCc1cc(C(N)(C(=O)NC2C(=O)N3C2SC(C)(C)C3C(=O)O)C(=O)OC(C)(C)C)ccc1O. The van der Waals surface area contributed by atoms with Crippen LogP contribution in [0, 0.1) is 0 Å². The second kappa shape index (κ2) is 8.99. The first kappa shape index (κ1) is 26.8. The van der Waals surface area contributed by atoms with E-state index in [1.165, 1.54) is 42.0 Å². The fraction of sp³-hybridized carbons (Fsp3) is 0.565. The molecule has 4 atom stereocenters. The molecule has 2 fully saturated rings. The minimum absolute atomic E-state index is 0.00780. The van der Waals surface area contributed by atoms with Crippen molar-refractivity contribution < 1.29 is 38.9 Å². The molecule has 12 heteroatoms. The molecule has 2 saturated heterocycles. The van der Waals surface area contributed by atoms with Gasteiger partial charge in [0.25, 0.3) is 5.91 Å². The molecule has 0 aromatic heterocycles. The quantitative estimate of drug-likeness (QED) is 0.233. The Morgan fingerprint density at radius 2 is 1.89 bits per heavy atom. The van der Waals surface area contributed by atoms with Gasteiger partial charge in [0.1, 0.15) is 28.8 Å². The Balaban J connectivity index is 1.96. The normalized spacial score (nSPS) is 24.7. The second-order valence-electron chi connectivity index (χ2n) is 10.1. The van der Waals surface area contributed by atoms with Gasteiger partial charge in [-0.05, 0) is 52.3 Å². The zero-order valence-corrected chi connectivity index (χ0v) is 21.3. The molecule has 11 nitrogen and oxygen atoms in total. The van der Waals surface area contributed by atoms with E-state index in [0.29, 0.717) is 5.56 Å². The lowest BCUT2D eigenvalue weighted by Crippen LogP contribution is -2.73.